The highest BCUT2D eigenvalue weighted by molar-refractivity contribution is 6.46. The number of hydrogen-bond acceptors (Lipinski definition) is 4. The largest absolute Gasteiger partial charge is 0.507 e. The molecule has 1 aliphatic heterocycles. The van der Waals surface area contributed by atoms with Gasteiger partial charge in [0.15, 0.2) is 0 Å². The molecule has 1 atom stereocenters. The third-order valence-corrected chi connectivity index (χ3v) is 4.48. The van der Waals surface area contributed by atoms with E-state index in [4.69, 9.17) is 4.74 Å². The van der Waals surface area contributed by atoms with E-state index in [9.17, 15) is 14.7 Å². The number of likely N-dealkylation sites (tertiary alicyclic amines) is 1. The van der Waals surface area contributed by atoms with E-state index in [1.807, 2.05) is 37.3 Å². The summed E-state index contributed by atoms with van der Waals surface area (Å²) in [7, 11) is 1.56. The minimum atomic E-state index is -0.652. The predicted octanol–water partition coefficient (Wildman–Crippen LogP) is 3.53. The van der Waals surface area contributed by atoms with Crippen molar-refractivity contribution in [3.05, 3.63) is 71.3 Å². The van der Waals surface area contributed by atoms with Crippen molar-refractivity contribution in [1.82, 2.24) is 4.90 Å². The van der Waals surface area contributed by atoms with Gasteiger partial charge >= 0.3 is 0 Å². The van der Waals surface area contributed by atoms with Crippen LogP contribution in [0.25, 0.3) is 5.76 Å². The van der Waals surface area contributed by atoms with Gasteiger partial charge in [-0.25, -0.2) is 0 Å². The SMILES string of the molecule is CCCN1C(=O)C(=O)/C(=C(/O)c2ccc(OC)cc2)C1c1ccccc1. The maximum Gasteiger partial charge on any atom is 0.295 e. The Kier molecular flexibility index (Phi) is 5.07. The number of nitrogens with zero attached hydrogens (tertiary/aromatic N) is 1. The highest BCUT2D eigenvalue weighted by atomic mass is 16.5. The summed E-state index contributed by atoms with van der Waals surface area (Å²) in [6.07, 6.45) is 0.721. The van der Waals surface area contributed by atoms with Crippen molar-refractivity contribution in [1.29, 1.82) is 0 Å². The molecular formula is C21H21NO4. The molecule has 1 N–H and O–H groups in total. The second kappa shape index (κ2) is 7.44. The topological polar surface area (TPSA) is 66.8 Å². The third kappa shape index (κ3) is 3.08. The lowest BCUT2D eigenvalue weighted by Crippen LogP contribution is -2.30. The fraction of sp³-hybridized carbons (Fsp3) is 0.238. The molecule has 0 aromatic heterocycles. The minimum Gasteiger partial charge on any atom is -0.507 e. The number of ether oxygens (including phenoxy) is 1. The second-order valence-electron chi connectivity index (χ2n) is 6.13. The highest BCUT2D eigenvalue weighted by Crippen LogP contribution is 2.39. The van der Waals surface area contributed by atoms with Gasteiger partial charge in [-0.3, -0.25) is 9.59 Å². The van der Waals surface area contributed by atoms with Crippen LogP contribution >= 0.6 is 0 Å². The van der Waals surface area contributed by atoms with Crippen LogP contribution in [0.4, 0.5) is 0 Å². The first-order valence-electron chi connectivity index (χ1n) is 8.56. The van der Waals surface area contributed by atoms with Gasteiger partial charge in [0.25, 0.3) is 11.7 Å². The quantitative estimate of drug-likeness (QED) is 0.508. The smallest absolute Gasteiger partial charge is 0.295 e. The van der Waals surface area contributed by atoms with Gasteiger partial charge in [-0.2, -0.15) is 0 Å². The fourth-order valence-electron chi connectivity index (χ4n) is 3.24. The average Bonchev–Trinajstić information content (AvgIpc) is 2.93. The predicted molar refractivity (Wildman–Crippen MR) is 98.7 cm³/mol. The van der Waals surface area contributed by atoms with Gasteiger partial charge in [-0.15, -0.1) is 0 Å². The second-order valence-corrected chi connectivity index (χ2v) is 6.13. The average molecular weight is 351 g/mol. The van der Waals surface area contributed by atoms with E-state index in [2.05, 4.69) is 0 Å². The molecular weight excluding hydrogens is 330 g/mol. The van der Waals surface area contributed by atoms with E-state index in [0.717, 1.165) is 12.0 Å². The molecule has 1 amide bonds. The summed E-state index contributed by atoms with van der Waals surface area (Å²) in [4.78, 5) is 26.7. The van der Waals surface area contributed by atoms with E-state index in [1.165, 1.54) is 4.90 Å². The van der Waals surface area contributed by atoms with Gasteiger partial charge in [0.2, 0.25) is 0 Å². The Morgan fingerprint density at radius 3 is 2.31 bits per heavy atom. The van der Waals surface area contributed by atoms with Crippen LogP contribution in [0.15, 0.2) is 60.2 Å². The number of ketones is 1. The first-order valence-corrected chi connectivity index (χ1v) is 8.56. The van der Waals surface area contributed by atoms with E-state index in [-0.39, 0.29) is 11.3 Å². The molecule has 5 heteroatoms. The van der Waals surface area contributed by atoms with Crippen molar-refractivity contribution < 1.29 is 19.4 Å². The number of Topliss-reactive ketones (excluding diaryl/α,β-unsaturated/α-hetero) is 1. The molecule has 1 aliphatic rings. The maximum absolute atomic E-state index is 12.7. The summed E-state index contributed by atoms with van der Waals surface area (Å²) in [5.41, 5.74) is 1.40. The molecule has 0 aliphatic carbocycles. The first-order chi connectivity index (χ1) is 12.6. The molecule has 1 saturated heterocycles. The summed E-state index contributed by atoms with van der Waals surface area (Å²) >= 11 is 0. The molecule has 26 heavy (non-hydrogen) atoms. The van der Waals surface area contributed by atoms with Crippen molar-refractivity contribution in [2.24, 2.45) is 0 Å². The van der Waals surface area contributed by atoms with Crippen LogP contribution in [0.5, 0.6) is 5.75 Å². The van der Waals surface area contributed by atoms with Gasteiger partial charge in [0.1, 0.15) is 11.5 Å². The standard InChI is InChI=1S/C21H21NO4/c1-3-13-22-18(14-7-5-4-6-8-14)17(20(24)21(22)25)19(23)15-9-11-16(26-2)12-10-15/h4-12,18,23H,3,13H2,1-2H3/b19-17+. The molecule has 0 spiro atoms. The molecule has 0 bridgehead atoms. The molecule has 3 rings (SSSR count). The number of hydrogen-bond donors (Lipinski definition) is 1. The summed E-state index contributed by atoms with van der Waals surface area (Å²) in [5.74, 6) is -0.748. The van der Waals surface area contributed by atoms with Crippen molar-refractivity contribution in [2.75, 3.05) is 13.7 Å². The summed E-state index contributed by atoms with van der Waals surface area (Å²) in [6, 6.07) is 15.5. The molecule has 1 heterocycles. The van der Waals surface area contributed by atoms with Crippen LogP contribution in [-0.2, 0) is 9.59 Å². The van der Waals surface area contributed by atoms with Gasteiger partial charge in [-0.1, -0.05) is 37.3 Å². The highest BCUT2D eigenvalue weighted by Gasteiger charge is 2.45. The maximum atomic E-state index is 12.7. The number of aliphatic hydroxyl groups excluding tert-OH is 1. The molecule has 2 aromatic rings. The van der Waals surface area contributed by atoms with Crippen molar-refractivity contribution in [2.45, 2.75) is 19.4 Å². The van der Waals surface area contributed by atoms with E-state index >= 15 is 0 Å². The third-order valence-electron chi connectivity index (χ3n) is 4.48. The number of rotatable bonds is 5. The van der Waals surface area contributed by atoms with Crippen LogP contribution in [0, 0.1) is 0 Å². The monoisotopic (exact) mass is 351 g/mol. The van der Waals surface area contributed by atoms with Gasteiger partial charge in [0.05, 0.1) is 18.7 Å². The van der Waals surface area contributed by atoms with Crippen LogP contribution in [0.3, 0.4) is 0 Å². The van der Waals surface area contributed by atoms with Crippen LogP contribution < -0.4 is 4.74 Å². The van der Waals surface area contributed by atoms with E-state index in [0.29, 0.717) is 17.9 Å². The van der Waals surface area contributed by atoms with Crippen molar-refractivity contribution in [3.8, 4) is 5.75 Å². The Morgan fingerprint density at radius 1 is 1.08 bits per heavy atom. The molecule has 1 fully saturated rings. The Labute approximate surface area is 152 Å². The minimum absolute atomic E-state index is 0.125. The van der Waals surface area contributed by atoms with Gasteiger partial charge in [0, 0.05) is 12.1 Å². The fourth-order valence-corrected chi connectivity index (χ4v) is 3.24. The van der Waals surface area contributed by atoms with Crippen LogP contribution in [-0.4, -0.2) is 35.4 Å². The zero-order valence-corrected chi connectivity index (χ0v) is 14.8. The lowest BCUT2D eigenvalue weighted by atomic mass is 9.95. The number of amides is 1. The molecule has 134 valence electrons. The Hall–Kier alpha value is -3.08. The number of benzene rings is 2. The number of carbonyl (C=O) groups is 2. The molecule has 0 radical (unpaired) electrons. The Bertz CT molecular complexity index is 840. The van der Waals surface area contributed by atoms with Crippen molar-refractivity contribution >= 4 is 17.4 Å². The normalized spacial score (nSPS) is 19.0. The zero-order chi connectivity index (χ0) is 18.7. The Morgan fingerprint density at radius 2 is 1.73 bits per heavy atom. The lowest BCUT2D eigenvalue weighted by molar-refractivity contribution is -0.139. The van der Waals surface area contributed by atoms with E-state index in [1.54, 1.807) is 31.4 Å². The molecule has 0 saturated carbocycles. The number of aliphatic hydroxyl groups is 1. The Balaban J connectivity index is 2.14. The van der Waals surface area contributed by atoms with Crippen LogP contribution in [0.1, 0.15) is 30.5 Å². The summed E-state index contributed by atoms with van der Waals surface area (Å²) in [6.45, 7) is 2.40. The zero-order valence-electron chi connectivity index (χ0n) is 14.8. The van der Waals surface area contributed by atoms with Crippen molar-refractivity contribution in [3.63, 3.8) is 0 Å². The van der Waals surface area contributed by atoms with Crippen LogP contribution in [0.2, 0.25) is 0 Å². The number of methoxy groups -OCH3 is 1. The first kappa shape index (κ1) is 17.7. The molecule has 2 aromatic carbocycles. The summed E-state index contributed by atoms with van der Waals surface area (Å²) in [5, 5.41) is 10.8. The molecule has 1 unspecified atom stereocenters. The number of carbonyl (C=O) groups excluding carboxylic acids is 2. The molecule has 5 nitrogen and oxygen atoms in total. The van der Waals surface area contributed by atoms with Gasteiger partial charge in [-0.05, 0) is 36.2 Å². The lowest BCUT2D eigenvalue weighted by Gasteiger charge is -2.24. The summed E-state index contributed by atoms with van der Waals surface area (Å²) < 4.78 is 5.13. The van der Waals surface area contributed by atoms with E-state index < -0.39 is 17.7 Å². The van der Waals surface area contributed by atoms with Gasteiger partial charge < -0.3 is 14.7 Å².